The number of amides is 1. The molecule has 2 aromatic heterocycles. The lowest BCUT2D eigenvalue weighted by Crippen LogP contribution is -2.41. The quantitative estimate of drug-likeness (QED) is 0.507. The van der Waals surface area contributed by atoms with Gasteiger partial charge in [-0.1, -0.05) is 18.5 Å². The van der Waals surface area contributed by atoms with Gasteiger partial charge in [-0.25, -0.2) is 4.79 Å². The number of carbonyl (C=O) groups excluding carboxylic acids is 1. The Kier molecular flexibility index (Phi) is 6.27. The molecule has 0 spiro atoms. The third-order valence-corrected chi connectivity index (χ3v) is 4.87. The van der Waals surface area contributed by atoms with Crippen LogP contribution in [0.3, 0.4) is 0 Å². The van der Waals surface area contributed by atoms with Crippen molar-refractivity contribution in [1.82, 2.24) is 15.2 Å². The second-order valence-electron chi connectivity index (χ2n) is 8.43. The van der Waals surface area contributed by atoms with Gasteiger partial charge in [0.1, 0.15) is 11.1 Å². The Balaban J connectivity index is 2.11. The van der Waals surface area contributed by atoms with Crippen molar-refractivity contribution in [3.63, 3.8) is 0 Å². The first-order valence-corrected chi connectivity index (χ1v) is 10.4. The SMILES string of the molecule is CCc1ccncc1-c1cc(Cl)c2nnc(N(C(=O)OC(C)(C)C)C(C)C)cc2c1. The maximum absolute atomic E-state index is 12.8. The smallest absolute Gasteiger partial charge is 0.416 e. The zero-order valence-electron chi connectivity index (χ0n) is 18.2. The lowest BCUT2D eigenvalue weighted by Gasteiger charge is -2.29. The molecule has 0 fully saturated rings. The van der Waals surface area contributed by atoms with Crippen LogP contribution in [0.4, 0.5) is 10.6 Å². The summed E-state index contributed by atoms with van der Waals surface area (Å²) in [4.78, 5) is 18.5. The van der Waals surface area contributed by atoms with Gasteiger partial charge < -0.3 is 4.74 Å². The molecule has 0 aliphatic carbocycles. The molecule has 0 radical (unpaired) electrons. The van der Waals surface area contributed by atoms with Crippen LogP contribution in [0.15, 0.2) is 36.7 Å². The Bertz CT molecular complexity index is 1080. The maximum atomic E-state index is 12.8. The average molecular weight is 427 g/mol. The normalized spacial score (nSPS) is 11.7. The molecule has 6 nitrogen and oxygen atoms in total. The molecule has 0 bridgehead atoms. The molecular weight excluding hydrogens is 400 g/mol. The minimum absolute atomic E-state index is 0.157. The second kappa shape index (κ2) is 8.56. The van der Waals surface area contributed by atoms with Crippen molar-refractivity contribution >= 4 is 34.4 Å². The number of pyridine rings is 1. The largest absolute Gasteiger partial charge is 0.443 e. The molecule has 1 aromatic carbocycles. The molecule has 0 aliphatic rings. The van der Waals surface area contributed by atoms with Crippen molar-refractivity contribution in [2.24, 2.45) is 0 Å². The van der Waals surface area contributed by atoms with Crippen molar-refractivity contribution in [3.05, 3.63) is 47.2 Å². The number of rotatable bonds is 4. The highest BCUT2D eigenvalue weighted by atomic mass is 35.5. The number of hydrogen-bond donors (Lipinski definition) is 0. The number of halogens is 1. The standard InChI is InChI=1S/C23H27ClN4O2/c1-7-15-8-9-25-13-18(15)16-10-17-12-20(26-27-21(17)19(24)11-16)28(14(2)3)22(29)30-23(4,5)6/h8-14H,7H2,1-6H3. The van der Waals surface area contributed by atoms with Crippen LogP contribution in [0, 0.1) is 0 Å². The Morgan fingerprint density at radius 1 is 1.20 bits per heavy atom. The molecule has 7 heteroatoms. The van der Waals surface area contributed by atoms with Gasteiger partial charge in [0.2, 0.25) is 0 Å². The predicted molar refractivity (Wildman–Crippen MR) is 121 cm³/mol. The molecule has 3 rings (SSSR count). The highest BCUT2D eigenvalue weighted by molar-refractivity contribution is 6.35. The van der Waals surface area contributed by atoms with Gasteiger partial charge in [0.15, 0.2) is 5.82 Å². The molecule has 2 heterocycles. The maximum Gasteiger partial charge on any atom is 0.416 e. The third kappa shape index (κ3) is 4.70. The van der Waals surface area contributed by atoms with Crippen LogP contribution >= 0.6 is 11.6 Å². The number of aryl methyl sites for hydroxylation is 1. The number of carbonyl (C=O) groups is 1. The topological polar surface area (TPSA) is 68.2 Å². The van der Waals surface area contributed by atoms with Gasteiger partial charge in [-0.05, 0) is 76.4 Å². The van der Waals surface area contributed by atoms with Gasteiger partial charge in [-0.2, -0.15) is 0 Å². The van der Waals surface area contributed by atoms with Crippen molar-refractivity contribution in [3.8, 4) is 11.1 Å². The molecular formula is C23H27ClN4O2. The Morgan fingerprint density at radius 3 is 2.57 bits per heavy atom. The lowest BCUT2D eigenvalue weighted by atomic mass is 9.99. The van der Waals surface area contributed by atoms with Gasteiger partial charge in [-0.3, -0.25) is 9.88 Å². The van der Waals surface area contributed by atoms with Gasteiger partial charge in [0, 0.05) is 29.4 Å². The van der Waals surface area contributed by atoms with Crippen LogP contribution in [0.1, 0.15) is 47.1 Å². The van der Waals surface area contributed by atoms with E-state index in [0.717, 1.165) is 22.9 Å². The summed E-state index contributed by atoms with van der Waals surface area (Å²) >= 11 is 6.52. The van der Waals surface area contributed by atoms with Crippen LogP contribution in [0.2, 0.25) is 5.02 Å². The Labute approximate surface area is 182 Å². The summed E-state index contributed by atoms with van der Waals surface area (Å²) in [5, 5.41) is 9.84. The predicted octanol–water partition coefficient (Wildman–Crippen LogP) is 6.06. The number of hydrogen-bond acceptors (Lipinski definition) is 5. The van der Waals surface area contributed by atoms with Gasteiger partial charge in [0.05, 0.1) is 5.02 Å². The minimum Gasteiger partial charge on any atom is -0.443 e. The molecule has 0 N–H and O–H groups in total. The molecule has 1 amide bonds. The monoisotopic (exact) mass is 426 g/mol. The van der Waals surface area contributed by atoms with Crippen LogP contribution < -0.4 is 4.90 Å². The van der Waals surface area contributed by atoms with Crippen LogP contribution in [0.25, 0.3) is 22.0 Å². The van der Waals surface area contributed by atoms with E-state index in [-0.39, 0.29) is 6.04 Å². The van der Waals surface area contributed by atoms with E-state index in [1.807, 2.05) is 65.1 Å². The molecule has 0 unspecified atom stereocenters. The van der Waals surface area contributed by atoms with E-state index in [2.05, 4.69) is 22.1 Å². The fraction of sp³-hybridized carbons (Fsp3) is 0.391. The molecule has 158 valence electrons. The number of aromatic nitrogens is 3. The van der Waals surface area contributed by atoms with E-state index in [4.69, 9.17) is 16.3 Å². The van der Waals surface area contributed by atoms with Gasteiger partial charge in [0.25, 0.3) is 0 Å². The number of ether oxygens (including phenoxy) is 1. The molecule has 3 aromatic rings. The average Bonchev–Trinajstić information content (AvgIpc) is 2.66. The Hall–Kier alpha value is -2.73. The highest BCUT2D eigenvalue weighted by Gasteiger charge is 2.27. The Morgan fingerprint density at radius 2 is 1.93 bits per heavy atom. The van der Waals surface area contributed by atoms with E-state index < -0.39 is 11.7 Å². The molecule has 0 atom stereocenters. The summed E-state index contributed by atoms with van der Waals surface area (Å²) in [6.45, 7) is 11.4. The van der Waals surface area contributed by atoms with Crippen LogP contribution in [-0.4, -0.2) is 32.9 Å². The van der Waals surface area contributed by atoms with Gasteiger partial charge in [-0.15, -0.1) is 10.2 Å². The van der Waals surface area contributed by atoms with E-state index in [1.54, 1.807) is 6.20 Å². The fourth-order valence-corrected chi connectivity index (χ4v) is 3.51. The minimum atomic E-state index is -0.609. The molecule has 0 saturated carbocycles. The zero-order chi connectivity index (χ0) is 22.1. The van der Waals surface area contributed by atoms with Crippen LogP contribution in [-0.2, 0) is 11.2 Å². The van der Waals surface area contributed by atoms with Crippen LogP contribution in [0.5, 0.6) is 0 Å². The van der Waals surface area contributed by atoms with Crippen molar-refractivity contribution in [2.75, 3.05) is 4.90 Å². The fourth-order valence-electron chi connectivity index (χ4n) is 3.25. The summed E-state index contributed by atoms with van der Waals surface area (Å²) in [6, 6.07) is 7.55. The zero-order valence-corrected chi connectivity index (χ0v) is 19.0. The summed E-state index contributed by atoms with van der Waals surface area (Å²) in [7, 11) is 0. The number of fused-ring (bicyclic) bond motifs is 1. The van der Waals surface area contributed by atoms with Crippen molar-refractivity contribution in [1.29, 1.82) is 0 Å². The number of nitrogens with zero attached hydrogens (tertiary/aromatic N) is 4. The second-order valence-corrected chi connectivity index (χ2v) is 8.84. The molecule has 30 heavy (non-hydrogen) atoms. The first-order valence-electron chi connectivity index (χ1n) is 10.0. The summed E-state index contributed by atoms with van der Waals surface area (Å²) in [5.74, 6) is 0.418. The highest BCUT2D eigenvalue weighted by Crippen LogP contribution is 2.32. The first-order chi connectivity index (χ1) is 14.1. The summed E-state index contributed by atoms with van der Waals surface area (Å²) in [6.07, 6.45) is 4.05. The molecule has 0 aliphatic heterocycles. The van der Waals surface area contributed by atoms with E-state index >= 15 is 0 Å². The molecule has 0 saturated heterocycles. The van der Waals surface area contributed by atoms with Gasteiger partial charge >= 0.3 is 6.09 Å². The van der Waals surface area contributed by atoms with Crippen molar-refractivity contribution in [2.45, 2.75) is 59.6 Å². The van der Waals surface area contributed by atoms with E-state index in [0.29, 0.717) is 16.4 Å². The number of anilines is 1. The summed E-state index contributed by atoms with van der Waals surface area (Å²) in [5.41, 5.74) is 3.13. The van der Waals surface area contributed by atoms with Crippen molar-refractivity contribution < 1.29 is 9.53 Å². The third-order valence-electron chi connectivity index (χ3n) is 4.59. The van der Waals surface area contributed by atoms with E-state index in [1.165, 1.54) is 10.5 Å². The lowest BCUT2D eigenvalue weighted by molar-refractivity contribution is 0.0569. The first kappa shape index (κ1) is 22.0. The number of benzene rings is 1. The van der Waals surface area contributed by atoms with E-state index in [9.17, 15) is 4.79 Å². The summed E-state index contributed by atoms with van der Waals surface area (Å²) < 4.78 is 5.56.